The molecule has 0 spiro atoms. The average molecular weight is 388 g/mol. The van der Waals surface area contributed by atoms with Gasteiger partial charge in [-0.1, -0.05) is 31.8 Å². The lowest BCUT2D eigenvalue weighted by Gasteiger charge is -2.19. The molecule has 0 bridgehead atoms. The van der Waals surface area contributed by atoms with Crippen LogP contribution in [0.15, 0.2) is 42.6 Å². The molecule has 1 heterocycles. The van der Waals surface area contributed by atoms with Crippen LogP contribution in [0, 0.1) is 0 Å². The normalized spacial score (nSPS) is 12.6. The maximum absolute atomic E-state index is 5.78. The Morgan fingerprint density at radius 1 is 1.15 bits per heavy atom. The molecule has 2 rings (SSSR count). The van der Waals surface area contributed by atoms with Crippen LogP contribution in [0.1, 0.15) is 18.0 Å². The third kappa shape index (κ3) is 7.90. The van der Waals surface area contributed by atoms with Crippen molar-refractivity contribution in [1.82, 2.24) is 10.3 Å². The molecule has 1 atom stereocenters. The molecular formula is C20H31N4O2Si+. The topological polar surface area (TPSA) is 95.0 Å². The van der Waals surface area contributed by atoms with E-state index < -0.39 is 8.07 Å². The molecule has 1 aromatic heterocycles. The highest BCUT2D eigenvalue weighted by atomic mass is 28.3. The van der Waals surface area contributed by atoms with E-state index in [-0.39, 0.29) is 6.04 Å². The van der Waals surface area contributed by atoms with Gasteiger partial charge in [0.15, 0.2) is 0 Å². The standard InChI is InChI=1S/C20H30N4O2Si/c1-27(2,3)13-12-25-15-24-19(10-11-21)16-4-6-17(7-5-16)26-18-8-9-20(22)23-14-18/h4-9,11,14,19,21,24H,10,12-13,15H2,1-3H3,(H2,22,23)/p+1. The second-order valence-electron chi connectivity index (χ2n) is 7.68. The van der Waals surface area contributed by atoms with Crippen molar-refractivity contribution >= 4 is 20.1 Å². The molecule has 0 aliphatic carbocycles. The largest absolute Gasteiger partial charge is 0.456 e. The lowest BCUT2D eigenvalue weighted by molar-refractivity contribution is -0.108. The highest BCUT2D eigenvalue weighted by Crippen LogP contribution is 2.24. The fourth-order valence-corrected chi connectivity index (χ4v) is 3.20. The summed E-state index contributed by atoms with van der Waals surface area (Å²) in [6.07, 6.45) is 4.00. The van der Waals surface area contributed by atoms with Gasteiger partial charge in [-0.25, -0.2) is 4.98 Å². The van der Waals surface area contributed by atoms with Gasteiger partial charge in [-0.2, -0.15) is 0 Å². The van der Waals surface area contributed by atoms with Gasteiger partial charge < -0.3 is 15.2 Å². The zero-order chi connectivity index (χ0) is 19.7. The number of aromatic nitrogens is 1. The fourth-order valence-electron chi connectivity index (χ4n) is 2.44. The summed E-state index contributed by atoms with van der Waals surface area (Å²) in [5.41, 5.74) is 6.72. The van der Waals surface area contributed by atoms with Gasteiger partial charge in [0.25, 0.3) is 0 Å². The molecule has 6 nitrogen and oxygen atoms in total. The van der Waals surface area contributed by atoms with Gasteiger partial charge in [-0.15, -0.1) is 0 Å². The molecule has 1 unspecified atom stereocenters. The first-order valence-corrected chi connectivity index (χ1v) is 12.9. The van der Waals surface area contributed by atoms with Gasteiger partial charge >= 0.3 is 0 Å². The van der Waals surface area contributed by atoms with Crippen LogP contribution in [-0.2, 0) is 4.74 Å². The Morgan fingerprint density at radius 3 is 2.44 bits per heavy atom. The zero-order valence-electron chi connectivity index (χ0n) is 16.4. The van der Waals surface area contributed by atoms with Crippen LogP contribution >= 0.6 is 0 Å². The quantitative estimate of drug-likeness (QED) is 0.238. The average Bonchev–Trinajstić information content (AvgIpc) is 2.62. The number of rotatable bonds is 11. The van der Waals surface area contributed by atoms with Crippen LogP contribution in [0.2, 0.25) is 25.7 Å². The summed E-state index contributed by atoms with van der Waals surface area (Å²) < 4.78 is 11.5. The molecule has 2 aromatic rings. The molecule has 0 amide bonds. The second kappa shape index (κ2) is 10.2. The molecule has 0 saturated carbocycles. The van der Waals surface area contributed by atoms with Gasteiger partial charge in [0, 0.05) is 27.1 Å². The van der Waals surface area contributed by atoms with Crippen molar-refractivity contribution in [3.8, 4) is 11.5 Å². The molecule has 5 N–H and O–H groups in total. The number of nitrogen functional groups attached to an aromatic ring is 1. The zero-order valence-corrected chi connectivity index (χ0v) is 17.4. The maximum atomic E-state index is 5.78. The van der Waals surface area contributed by atoms with Crippen LogP contribution in [0.4, 0.5) is 5.82 Å². The number of hydrogen-bond acceptors (Lipinski definition) is 5. The molecule has 0 fully saturated rings. The van der Waals surface area contributed by atoms with Crippen molar-refractivity contribution < 1.29 is 14.9 Å². The van der Waals surface area contributed by atoms with Crippen molar-refractivity contribution in [2.24, 2.45) is 0 Å². The van der Waals surface area contributed by atoms with E-state index in [4.69, 9.17) is 20.6 Å². The third-order valence-electron chi connectivity index (χ3n) is 4.08. The van der Waals surface area contributed by atoms with Crippen LogP contribution in [0.25, 0.3) is 0 Å². The lowest BCUT2D eigenvalue weighted by Crippen LogP contribution is -2.33. The Hall–Kier alpha value is -2.22. The Bertz CT molecular complexity index is 699. The van der Waals surface area contributed by atoms with Gasteiger partial charge in [0.05, 0.1) is 12.9 Å². The van der Waals surface area contributed by atoms with E-state index in [0.29, 0.717) is 18.3 Å². The first kappa shape index (κ1) is 21.1. The summed E-state index contributed by atoms with van der Waals surface area (Å²) in [5.74, 6) is 1.86. The van der Waals surface area contributed by atoms with Crippen LogP contribution < -0.4 is 21.2 Å². The highest BCUT2D eigenvalue weighted by Gasteiger charge is 2.14. The summed E-state index contributed by atoms with van der Waals surface area (Å²) in [6, 6.07) is 12.7. The summed E-state index contributed by atoms with van der Waals surface area (Å²) in [6.45, 7) is 8.35. The van der Waals surface area contributed by atoms with E-state index in [9.17, 15) is 0 Å². The lowest BCUT2D eigenvalue weighted by atomic mass is 10.0. The minimum atomic E-state index is -1.06. The second-order valence-corrected chi connectivity index (χ2v) is 13.3. The first-order chi connectivity index (χ1) is 12.9. The number of benzene rings is 1. The summed E-state index contributed by atoms with van der Waals surface area (Å²) in [4.78, 5) is 4.02. The predicted octanol–water partition coefficient (Wildman–Crippen LogP) is 2.62. The maximum Gasteiger partial charge on any atom is 0.145 e. The van der Waals surface area contributed by atoms with Crippen LogP contribution in [-0.4, -0.2) is 32.6 Å². The van der Waals surface area contributed by atoms with Gasteiger partial charge in [0.1, 0.15) is 23.5 Å². The molecule has 146 valence electrons. The molecule has 0 aliphatic heterocycles. The van der Waals surface area contributed by atoms with Gasteiger partial charge in [-0.05, 0) is 35.9 Å². The number of pyridine rings is 1. The predicted molar refractivity (Wildman–Crippen MR) is 113 cm³/mol. The van der Waals surface area contributed by atoms with Gasteiger partial charge in [-0.3, -0.25) is 10.7 Å². The third-order valence-corrected chi connectivity index (χ3v) is 5.78. The minimum absolute atomic E-state index is 0.106. The van der Waals surface area contributed by atoms with E-state index >= 15 is 0 Å². The number of anilines is 1. The molecule has 0 radical (unpaired) electrons. The van der Waals surface area contributed by atoms with Crippen molar-refractivity contribution in [3.05, 3.63) is 48.2 Å². The van der Waals surface area contributed by atoms with Crippen molar-refractivity contribution in [2.45, 2.75) is 38.1 Å². The monoisotopic (exact) mass is 387 g/mol. The smallest absolute Gasteiger partial charge is 0.145 e. The van der Waals surface area contributed by atoms with Crippen molar-refractivity contribution in [1.29, 1.82) is 0 Å². The number of nitrogens with two attached hydrogens (primary N) is 2. The molecule has 7 heteroatoms. The number of hydrogen-bond donors (Lipinski definition) is 3. The molecule has 1 aromatic carbocycles. The van der Waals surface area contributed by atoms with E-state index in [1.165, 1.54) is 0 Å². The molecular weight excluding hydrogens is 356 g/mol. The summed E-state index contributed by atoms with van der Waals surface area (Å²) in [5, 5.41) is 9.07. The Morgan fingerprint density at radius 2 is 1.85 bits per heavy atom. The number of nitrogens with zero attached hydrogens (tertiary/aromatic N) is 1. The molecule has 27 heavy (non-hydrogen) atoms. The Kier molecular flexibility index (Phi) is 7.96. The van der Waals surface area contributed by atoms with Crippen molar-refractivity contribution in [2.75, 3.05) is 19.1 Å². The van der Waals surface area contributed by atoms with E-state index in [1.807, 2.05) is 24.3 Å². The van der Waals surface area contributed by atoms with Gasteiger partial charge in [0.2, 0.25) is 0 Å². The Labute approximate surface area is 162 Å². The van der Waals surface area contributed by atoms with E-state index in [1.54, 1.807) is 24.5 Å². The summed E-state index contributed by atoms with van der Waals surface area (Å²) in [7, 11) is -1.06. The summed E-state index contributed by atoms with van der Waals surface area (Å²) >= 11 is 0. The van der Waals surface area contributed by atoms with E-state index in [2.05, 4.69) is 29.9 Å². The number of ether oxygens (including phenoxy) is 2. The SMILES string of the molecule is C[Si](C)(C)CCOCNC(CC=[NH2+])c1ccc(Oc2ccc(N)nc2)cc1. The molecule has 0 saturated heterocycles. The highest BCUT2D eigenvalue weighted by molar-refractivity contribution is 6.76. The van der Waals surface area contributed by atoms with Crippen LogP contribution in [0.5, 0.6) is 11.5 Å². The first-order valence-electron chi connectivity index (χ1n) is 9.21. The Balaban J connectivity index is 1.88. The van der Waals surface area contributed by atoms with Crippen LogP contribution in [0.3, 0.4) is 0 Å². The van der Waals surface area contributed by atoms with E-state index in [0.717, 1.165) is 30.4 Å². The minimum Gasteiger partial charge on any atom is -0.456 e. The fraction of sp³-hybridized carbons (Fsp3) is 0.400. The molecule has 0 aliphatic rings. The number of nitrogens with one attached hydrogen (secondary N) is 1. The van der Waals surface area contributed by atoms with Crippen molar-refractivity contribution in [3.63, 3.8) is 0 Å².